The van der Waals surface area contributed by atoms with Crippen LogP contribution in [0.15, 0.2) is 24.3 Å². The molecule has 0 aliphatic carbocycles. The summed E-state index contributed by atoms with van der Waals surface area (Å²) in [6.07, 6.45) is 0.593. The Morgan fingerprint density at radius 2 is 0.938 bits per heavy atom. The molecule has 2 rings (SSSR count). The van der Waals surface area contributed by atoms with E-state index in [9.17, 15) is 0 Å². The van der Waals surface area contributed by atoms with Gasteiger partial charge in [-0.2, -0.15) is 0 Å². The first kappa shape index (κ1) is 25.5. The molecule has 0 bridgehead atoms. The molecule has 0 heterocycles. The van der Waals surface area contributed by atoms with E-state index in [0.29, 0.717) is 28.7 Å². The topological polar surface area (TPSA) is 64.6 Å². The number of methoxy groups -OCH3 is 7. The molecule has 0 aliphatic rings. The van der Waals surface area contributed by atoms with Crippen LogP contribution in [0, 0.1) is 5.92 Å². The highest BCUT2D eigenvalue weighted by atomic mass is 16.5. The van der Waals surface area contributed by atoms with Crippen LogP contribution in [0.4, 0.5) is 0 Å². The summed E-state index contributed by atoms with van der Waals surface area (Å²) in [5, 5.41) is 0. The van der Waals surface area contributed by atoms with Gasteiger partial charge in [-0.05, 0) is 30.4 Å². The predicted octanol–water partition coefficient (Wildman–Crippen LogP) is 5.26. The van der Waals surface area contributed by atoms with Crippen molar-refractivity contribution in [3.8, 4) is 34.5 Å². The zero-order chi connectivity index (χ0) is 23.8. The molecule has 0 radical (unpaired) electrons. The van der Waals surface area contributed by atoms with Crippen LogP contribution in [-0.4, -0.2) is 49.8 Å². The Bertz CT molecular complexity index is 810. The van der Waals surface area contributed by atoms with Crippen LogP contribution in [-0.2, 0) is 4.74 Å². The third-order valence-electron chi connectivity index (χ3n) is 5.98. The first-order chi connectivity index (χ1) is 15.4. The van der Waals surface area contributed by atoms with E-state index in [1.54, 1.807) is 49.8 Å². The van der Waals surface area contributed by atoms with Crippen molar-refractivity contribution >= 4 is 0 Å². The predicted molar refractivity (Wildman–Crippen MR) is 124 cm³/mol. The summed E-state index contributed by atoms with van der Waals surface area (Å²) < 4.78 is 39.4. The van der Waals surface area contributed by atoms with E-state index in [4.69, 9.17) is 33.2 Å². The molecule has 7 nitrogen and oxygen atoms in total. The highest BCUT2D eigenvalue weighted by Crippen LogP contribution is 2.48. The molecule has 0 saturated heterocycles. The Morgan fingerprint density at radius 1 is 0.562 bits per heavy atom. The van der Waals surface area contributed by atoms with Gasteiger partial charge in [-0.3, -0.25) is 0 Å². The average Bonchev–Trinajstić information content (AvgIpc) is 2.83. The molecule has 0 amide bonds. The number of benzene rings is 2. The fraction of sp³-hybridized carbons (Fsp3) is 0.520. The van der Waals surface area contributed by atoms with E-state index < -0.39 is 0 Å². The van der Waals surface area contributed by atoms with Crippen LogP contribution in [0.3, 0.4) is 0 Å². The third kappa shape index (κ3) is 4.99. The number of ether oxygens (including phenoxy) is 7. The van der Waals surface area contributed by atoms with E-state index >= 15 is 0 Å². The molecule has 3 atom stereocenters. The van der Waals surface area contributed by atoms with E-state index in [-0.39, 0.29) is 17.9 Å². The van der Waals surface area contributed by atoms with Crippen molar-refractivity contribution in [3.63, 3.8) is 0 Å². The van der Waals surface area contributed by atoms with Gasteiger partial charge in [0.15, 0.2) is 23.0 Å². The van der Waals surface area contributed by atoms with Gasteiger partial charge in [-0.15, -0.1) is 0 Å². The Balaban J connectivity index is 2.59. The molecule has 0 spiro atoms. The maximum atomic E-state index is 6.02. The largest absolute Gasteiger partial charge is 0.496 e. The second-order valence-electron chi connectivity index (χ2n) is 7.43. The Labute approximate surface area is 191 Å². The van der Waals surface area contributed by atoms with Gasteiger partial charge in [0.25, 0.3) is 0 Å². The molecule has 7 heteroatoms. The third-order valence-corrected chi connectivity index (χ3v) is 5.98. The van der Waals surface area contributed by atoms with Crippen molar-refractivity contribution in [2.24, 2.45) is 5.92 Å². The molecular weight excluding hydrogens is 412 g/mol. The molecular formula is C25H36O7. The first-order valence-electron chi connectivity index (χ1n) is 10.6. The van der Waals surface area contributed by atoms with E-state index in [0.717, 1.165) is 23.3 Å². The second kappa shape index (κ2) is 11.7. The first-order valence-corrected chi connectivity index (χ1v) is 10.6. The minimum atomic E-state index is -0.271. The Hall–Kier alpha value is -2.80. The quantitative estimate of drug-likeness (QED) is 0.439. The zero-order valence-electron chi connectivity index (χ0n) is 20.6. The van der Waals surface area contributed by atoms with E-state index in [2.05, 4.69) is 13.8 Å². The molecule has 2 aromatic carbocycles. The highest BCUT2D eigenvalue weighted by Gasteiger charge is 2.32. The van der Waals surface area contributed by atoms with Crippen molar-refractivity contribution in [1.82, 2.24) is 0 Å². The SMILES string of the molecule is CC[C@@H](c1cc(OC)c(OC)cc1OC)[C@@H](C)[C@H](OC)c1cc(OC)c(OC)cc1OC. The fourth-order valence-corrected chi connectivity index (χ4v) is 4.33. The molecule has 0 aliphatic heterocycles. The van der Waals surface area contributed by atoms with Crippen molar-refractivity contribution in [2.75, 3.05) is 49.8 Å². The summed E-state index contributed by atoms with van der Waals surface area (Å²) in [7, 11) is 11.5. The van der Waals surface area contributed by atoms with Crippen molar-refractivity contribution < 1.29 is 33.2 Å². The molecule has 0 unspecified atom stereocenters. The number of hydrogen-bond acceptors (Lipinski definition) is 7. The van der Waals surface area contributed by atoms with Crippen LogP contribution in [0.5, 0.6) is 34.5 Å². The summed E-state index contributed by atoms with van der Waals surface area (Å²) in [6.45, 7) is 4.31. The minimum absolute atomic E-state index is 0.0593. The van der Waals surface area contributed by atoms with Crippen molar-refractivity contribution in [1.29, 1.82) is 0 Å². The Kier molecular flexibility index (Phi) is 9.32. The molecule has 0 aromatic heterocycles. The molecule has 178 valence electrons. The summed E-state index contributed by atoms with van der Waals surface area (Å²) in [6, 6.07) is 7.59. The molecule has 0 saturated carbocycles. The summed E-state index contributed by atoms with van der Waals surface area (Å²) >= 11 is 0. The van der Waals surface area contributed by atoms with Crippen LogP contribution < -0.4 is 28.4 Å². The van der Waals surface area contributed by atoms with E-state index in [1.807, 2.05) is 24.3 Å². The summed E-state index contributed by atoms with van der Waals surface area (Å²) in [4.78, 5) is 0. The molecule has 0 fully saturated rings. The lowest BCUT2D eigenvalue weighted by Crippen LogP contribution is -2.21. The molecule has 2 aromatic rings. The van der Waals surface area contributed by atoms with Crippen LogP contribution >= 0.6 is 0 Å². The van der Waals surface area contributed by atoms with Gasteiger partial charge in [0.05, 0.1) is 48.8 Å². The van der Waals surface area contributed by atoms with E-state index in [1.165, 1.54) is 0 Å². The Morgan fingerprint density at radius 3 is 1.31 bits per heavy atom. The lowest BCUT2D eigenvalue weighted by atomic mass is 9.79. The lowest BCUT2D eigenvalue weighted by Gasteiger charge is -2.32. The van der Waals surface area contributed by atoms with Gasteiger partial charge in [-0.25, -0.2) is 0 Å². The highest BCUT2D eigenvalue weighted by molar-refractivity contribution is 5.54. The second-order valence-corrected chi connectivity index (χ2v) is 7.43. The number of hydrogen-bond donors (Lipinski definition) is 0. The molecule has 32 heavy (non-hydrogen) atoms. The smallest absolute Gasteiger partial charge is 0.164 e. The standard InChI is InChI=1S/C25H36O7/c1-10-16(17-11-21(28-5)23(30-7)13-19(17)26-3)15(2)25(32-9)18-12-22(29-6)24(31-8)14-20(18)27-4/h11-16,25H,10H2,1-9H3/t15-,16-,25+/m1/s1. The summed E-state index contributed by atoms with van der Waals surface area (Å²) in [5.41, 5.74) is 1.92. The van der Waals surface area contributed by atoms with Gasteiger partial charge < -0.3 is 33.2 Å². The monoisotopic (exact) mass is 448 g/mol. The normalized spacial score (nSPS) is 13.7. The van der Waals surface area contributed by atoms with Gasteiger partial charge in [0, 0.05) is 30.4 Å². The number of rotatable bonds is 12. The van der Waals surface area contributed by atoms with Gasteiger partial charge in [0.1, 0.15) is 11.5 Å². The van der Waals surface area contributed by atoms with Crippen LogP contribution in [0.25, 0.3) is 0 Å². The maximum absolute atomic E-state index is 6.02. The van der Waals surface area contributed by atoms with Gasteiger partial charge >= 0.3 is 0 Å². The summed E-state index contributed by atoms with van der Waals surface area (Å²) in [5.74, 6) is 4.09. The zero-order valence-corrected chi connectivity index (χ0v) is 20.6. The maximum Gasteiger partial charge on any atom is 0.164 e. The van der Waals surface area contributed by atoms with Crippen molar-refractivity contribution in [2.45, 2.75) is 32.3 Å². The molecule has 0 N–H and O–H groups in total. The van der Waals surface area contributed by atoms with Crippen LogP contribution in [0.1, 0.15) is 43.4 Å². The van der Waals surface area contributed by atoms with Crippen molar-refractivity contribution in [3.05, 3.63) is 35.4 Å². The average molecular weight is 449 g/mol. The van der Waals surface area contributed by atoms with Gasteiger partial charge in [0.2, 0.25) is 0 Å². The fourth-order valence-electron chi connectivity index (χ4n) is 4.33. The van der Waals surface area contributed by atoms with Crippen LogP contribution in [0.2, 0.25) is 0 Å². The van der Waals surface area contributed by atoms with Gasteiger partial charge in [-0.1, -0.05) is 13.8 Å². The lowest BCUT2D eigenvalue weighted by molar-refractivity contribution is 0.0438. The minimum Gasteiger partial charge on any atom is -0.496 e.